The van der Waals surface area contributed by atoms with Crippen molar-refractivity contribution < 1.29 is 43.0 Å². The molecule has 572 valence electrons. The molecule has 0 rings (SSSR count). The monoisotopic (exact) mass is 1480 g/mol. The van der Waals surface area contributed by atoms with Gasteiger partial charge in [-0.1, -0.05) is 262 Å². The summed E-state index contributed by atoms with van der Waals surface area (Å²) in [7, 11) is 10.7. The Balaban J connectivity index is 6.53. The molecule has 0 spiro atoms. The van der Waals surface area contributed by atoms with Gasteiger partial charge in [0.15, 0.2) is 0 Å². The first-order chi connectivity index (χ1) is 47.1. The minimum atomic E-state index is -0.690. The van der Waals surface area contributed by atoms with Crippen LogP contribution in [-0.2, 0) is 43.0 Å². The summed E-state index contributed by atoms with van der Waals surface area (Å²) in [6, 6.07) is -2.07. The van der Waals surface area contributed by atoms with Gasteiger partial charge in [-0.2, -0.15) is 0 Å². The van der Waals surface area contributed by atoms with E-state index in [-0.39, 0.29) is 72.8 Å². The Hall–Kier alpha value is -1.24. The standard InChI is InChI=1S/C75H147N7O9S6/c1-13-19-22-25-28-31-34-37-58-92-95-61-43-67(83)80(49-40-55-89-16-4)70(64(7)8)73(86)76-46-52-79(53-47-77-74(87)71(65(9)10)81(50-41-56-90-17-5)68(84)44-62-96-93-59-38-35-32-29-26-23-20-14-2)54-48-78-75(88)72(66(11)12)82(51-42-57-91-18-6)69(85)45-63-97-94-60-39-36-33-30-27-24-21-15-3/h64-66,70-72H,13-63H2,1-12H3,(H,76,86)(H,77,87)(H,78,88). The van der Waals surface area contributed by atoms with Gasteiger partial charge in [-0.15, -0.1) is 0 Å². The topological polar surface area (TPSA) is 179 Å². The first-order valence-electron chi connectivity index (χ1n) is 39.0. The van der Waals surface area contributed by atoms with Crippen molar-refractivity contribution in [2.24, 2.45) is 17.8 Å². The molecule has 0 aromatic carbocycles. The van der Waals surface area contributed by atoms with Crippen LogP contribution in [0.2, 0.25) is 0 Å². The lowest BCUT2D eigenvalue weighted by molar-refractivity contribution is -0.142. The Morgan fingerprint density at radius 1 is 0.299 bits per heavy atom. The third-order valence-corrected chi connectivity index (χ3v) is 24.7. The summed E-state index contributed by atoms with van der Waals surface area (Å²) in [5, 5.41) is 9.61. The lowest BCUT2D eigenvalue weighted by Crippen LogP contribution is -2.55. The Morgan fingerprint density at radius 2 is 0.526 bits per heavy atom. The first kappa shape index (κ1) is 95.8. The molecule has 3 unspecified atom stereocenters. The van der Waals surface area contributed by atoms with Crippen molar-refractivity contribution in [1.82, 2.24) is 35.6 Å². The van der Waals surface area contributed by atoms with E-state index in [2.05, 4.69) is 41.6 Å². The summed E-state index contributed by atoms with van der Waals surface area (Å²) in [4.78, 5) is 93.5. The SMILES string of the molecule is CCCCCCCCCCSSCCC(=O)N(CCCOCC)C(C(=O)NCCN(CCNC(=O)C(C(C)C)N(CCCOCC)C(=O)CCSSCCCCCCCCCC)CCNC(=O)C(C(C)C)N(CCCOCC)C(=O)CCSSCCCCCCCCCC)C(C)C. The number of carbonyl (C=O) groups excluding carboxylic acids is 6. The van der Waals surface area contributed by atoms with Crippen molar-refractivity contribution in [3.05, 3.63) is 0 Å². The highest BCUT2D eigenvalue weighted by Gasteiger charge is 2.35. The van der Waals surface area contributed by atoms with Crippen molar-refractivity contribution in [1.29, 1.82) is 0 Å². The zero-order valence-corrected chi connectivity index (χ0v) is 68.8. The van der Waals surface area contributed by atoms with Gasteiger partial charge in [0, 0.05) is 152 Å². The van der Waals surface area contributed by atoms with Gasteiger partial charge in [-0.05, 0) is 77.0 Å². The third kappa shape index (κ3) is 52.4. The number of nitrogens with one attached hydrogen (secondary N) is 3. The number of nitrogens with zero attached hydrogens (tertiary/aromatic N) is 4. The second-order valence-corrected chi connectivity index (χ2v) is 34.9. The molecular weight excluding hydrogens is 1340 g/mol. The Bertz CT molecular complexity index is 1680. The van der Waals surface area contributed by atoms with Crippen molar-refractivity contribution in [2.75, 3.05) is 133 Å². The van der Waals surface area contributed by atoms with Gasteiger partial charge in [-0.3, -0.25) is 33.7 Å². The molecule has 6 amide bonds. The van der Waals surface area contributed by atoms with Crippen molar-refractivity contribution in [2.45, 2.75) is 294 Å². The highest BCUT2D eigenvalue weighted by Crippen LogP contribution is 2.28. The summed E-state index contributed by atoms with van der Waals surface area (Å²) < 4.78 is 17.1. The van der Waals surface area contributed by atoms with E-state index in [0.717, 1.165) is 17.3 Å². The molecule has 0 saturated heterocycles. The summed E-state index contributed by atoms with van der Waals surface area (Å²) in [6.07, 6.45) is 33.7. The van der Waals surface area contributed by atoms with E-state index in [0.29, 0.717) is 135 Å². The molecule has 0 bridgehead atoms. The van der Waals surface area contributed by atoms with E-state index in [4.69, 9.17) is 14.2 Å². The summed E-state index contributed by atoms with van der Waals surface area (Å²) in [5.74, 6) is 3.96. The van der Waals surface area contributed by atoms with Crippen LogP contribution in [0.25, 0.3) is 0 Å². The van der Waals surface area contributed by atoms with E-state index in [9.17, 15) is 28.8 Å². The quantitative estimate of drug-likeness (QED) is 0.0386. The van der Waals surface area contributed by atoms with Crippen molar-refractivity contribution >= 4 is 100 Å². The van der Waals surface area contributed by atoms with E-state index in [1.54, 1.807) is 47.1 Å². The predicted octanol–water partition coefficient (Wildman–Crippen LogP) is 17.2. The number of carbonyl (C=O) groups is 6. The van der Waals surface area contributed by atoms with E-state index >= 15 is 0 Å². The average molecular weight is 1480 g/mol. The van der Waals surface area contributed by atoms with Gasteiger partial charge < -0.3 is 44.9 Å². The number of hydrogen-bond donors (Lipinski definition) is 3. The van der Waals surface area contributed by atoms with Gasteiger partial charge in [0.2, 0.25) is 35.4 Å². The molecule has 16 nitrogen and oxygen atoms in total. The highest BCUT2D eigenvalue weighted by molar-refractivity contribution is 8.77. The van der Waals surface area contributed by atoms with Crippen LogP contribution in [0.15, 0.2) is 0 Å². The van der Waals surface area contributed by atoms with E-state index in [1.165, 1.54) is 154 Å². The Kier molecular flexibility index (Phi) is 68.3. The minimum absolute atomic E-state index is 0.0355. The highest BCUT2D eigenvalue weighted by atomic mass is 33.1. The molecule has 0 aliphatic carbocycles. The van der Waals surface area contributed by atoms with Gasteiger partial charge in [0.05, 0.1) is 0 Å². The lowest BCUT2D eigenvalue weighted by atomic mass is 10.0. The summed E-state index contributed by atoms with van der Waals surface area (Å²) in [6.45, 7) is 30.9. The normalized spacial score (nSPS) is 12.6. The fraction of sp³-hybridized carbons (Fsp3) is 0.920. The molecule has 22 heteroatoms. The molecule has 3 N–H and O–H groups in total. The Morgan fingerprint density at radius 3 is 0.753 bits per heavy atom. The number of ether oxygens (including phenoxy) is 3. The maximum absolute atomic E-state index is 14.5. The molecule has 0 aromatic rings. The number of rotatable bonds is 72. The third-order valence-electron chi connectivity index (χ3n) is 17.2. The fourth-order valence-electron chi connectivity index (χ4n) is 11.8. The molecule has 0 saturated carbocycles. The van der Waals surface area contributed by atoms with Crippen LogP contribution in [0.5, 0.6) is 0 Å². The molecule has 0 heterocycles. The largest absolute Gasteiger partial charge is 0.382 e. The summed E-state index contributed by atoms with van der Waals surface area (Å²) in [5.41, 5.74) is 0. The molecule has 3 atom stereocenters. The van der Waals surface area contributed by atoms with Crippen LogP contribution in [0.4, 0.5) is 0 Å². The molecule has 0 aliphatic heterocycles. The predicted molar refractivity (Wildman–Crippen MR) is 426 cm³/mol. The minimum Gasteiger partial charge on any atom is -0.382 e. The summed E-state index contributed by atoms with van der Waals surface area (Å²) >= 11 is 0. The van der Waals surface area contributed by atoms with Crippen LogP contribution in [0.3, 0.4) is 0 Å². The number of unbranched alkanes of at least 4 members (excludes halogenated alkanes) is 21. The van der Waals surface area contributed by atoms with Crippen LogP contribution in [-0.4, -0.2) is 206 Å². The average Bonchev–Trinajstić information content (AvgIpc) is 0.887. The smallest absolute Gasteiger partial charge is 0.243 e. The molecule has 97 heavy (non-hydrogen) atoms. The second-order valence-electron chi connectivity index (χ2n) is 26.8. The van der Waals surface area contributed by atoms with Crippen molar-refractivity contribution in [3.8, 4) is 0 Å². The van der Waals surface area contributed by atoms with Crippen molar-refractivity contribution in [3.63, 3.8) is 0 Å². The van der Waals surface area contributed by atoms with Gasteiger partial charge in [0.1, 0.15) is 18.1 Å². The molecule has 0 fully saturated rings. The van der Waals surface area contributed by atoms with Gasteiger partial charge in [-0.25, -0.2) is 0 Å². The second kappa shape index (κ2) is 69.1. The van der Waals surface area contributed by atoms with Crippen LogP contribution in [0, 0.1) is 17.8 Å². The number of hydrogen-bond acceptors (Lipinski definition) is 16. The molecular formula is C75H147N7O9S6. The van der Waals surface area contributed by atoms with Gasteiger partial charge >= 0.3 is 0 Å². The van der Waals surface area contributed by atoms with Gasteiger partial charge in [0.25, 0.3) is 0 Å². The molecule has 0 radical (unpaired) electrons. The zero-order valence-electron chi connectivity index (χ0n) is 63.9. The maximum atomic E-state index is 14.5. The van der Waals surface area contributed by atoms with Crippen LogP contribution < -0.4 is 16.0 Å². The lowest BCUT2D eigenvalue weighted by Gasteiger charge is -2.35. The zero-order chi connectivity index (χ0) is 71.8. The van der Waals surface area contributed by atoms with E-state index in [1.807, 2.05) is 94.7 Å². The first-order valence-corrected chi connectivity index (χ1v) is 46.4. The van der Waals surface area contributed by atoms with E-state index < -0.39 is 18.1 Å². The number of amides is 6. The Labute approximate surface area is 619 Å². The van der Waals surface area contributed by atoms with Crippen LogP contribution >= 0.6 is 64.8 Å². The molecule has 0 aliphatic rings. The maximum Gasteiger partial charge on any atom is 0.243 e. The fourth-order valence-corrected chi connectivity index (χ4v) is 18.2. The van der Waals surface area contributed by atoms with Crippen LogP contribution in [0.1, 0.15) is 276 Å². The molecule has 0 aromatic heterocycles.